The predicted octanol–water partition coefficient (Wildman–Crippen LogP) is 3.35. The molecule has 0 aliphatic carbocycles. The summed E-state index contributed by atoms with van der Waals surface area (Å²) in [6, 6.07) is 12.1. The number of hydrogen-bond donors (Lipinski definition) is 1. The van der Waals surface area contributed by atoms with Crippen LogP contribution >= 0.6 is 23.6 Å². The lowest BCUT2D eigenvalue weighted by Crippen LogP contribution is -1.83. The standard InChI is InChI=1S/C11H9NS2/c12-9-6-10(14-11(9)7-13)8-4-2-1-3-5-8/h1-7H,12H2. The van der Waals surface area contributed by atoms with Crippen LogP contribution in [0.25, 0.3) is 10.4 Å². The summed E-state index contributed by atoms with van der Waals surface area (Å²) in [6.45, 7) is 0. The molecular formula is C11H9NS2. The van der Waals surface area contributed by atoms with Crippen molar-refractivity contribution in [3.8, 4) is 10.4 Å². The summed E-state index contributed by atoms with van der Waals surface area (Å²) in [4.78, 5) is 2.14. The minimum absolute atomic E-state index is 0.767. The zero-order valence-electron chi connectivity index (χ0n) is 7.44. The summed E-state index contributed by atoms with van der Waals surface area (Å²) < 4.78 is 0. The van der Waals surface area contributed by atoms with E-state index in [-0.39, 0.29) is 0 Å². The summed E-state index contributed by atoms with van der Waals surface area (Å²) in [6.07, 6.45) is 0. The average molecular weight is 219 g/mol. The Kier molecular flexibility index (Phi) is 2.61. The first-order valence-electron chi connectivity index (χ1n) is 4.21. The number of benzene rings is 1. The summed E-state index contributed by atoms with van der Waals surface area (Å²) in [5.41, 5.74) is 7.76. The molecule has 0 radical (unpaired) electrons. The van der Waals surface area contributed by atoms with Crippen molar-refractivity contribution < 1.29 is 0 Å². The van der Waals surface area contributed by atoms with Gasteiger partial charge >= 0.3 is 0 Å². The van der Waals surface area contributed by atoms with Gasteiger partial charge < -0.3 is 5.73 Å². The van der Waals surface area contributed by atoms with E-state index < -0.39 is 0 Å². The van der Waals surface area contributed by atoms with E-state index in [1.165, 1.54) is 10.4 Å². The van der Waals surface area contributed by atoms with Crippen molar-refractivity contribution in [3.63, 3.8) is 0 Å². The second-order valence-corrected chi connectivity index (χ2v) is 4.23. The molecule has 0 amide bonds. The first kappa shape index (κ1) is 9.37. The molecule has 0 bridgehead atoms. The number of anilines is 1. The molecule has 0 spiro atoms. The van der Waals surface area contributed by atoms with Crippen LogP contribution in [-0.4, -0.2) is 5.37 Å². The fourth-order valence-electron chi connectivity index (χ4n) is 1.26. The van der Waals surface area contributed by atoms with E-state index in [9.17, 15) is 0 Å². The van der Waals surface area contributed by atoms with Crippen molar-refractivity contribution in [1.29, 1.82) is 0 Å². The van der Waals surface area contributed by atoms with Crippen LogP contribution in [-0.2, 0) is 0 Å². The molecule has 1 aromatic heterocycles. The second-order valence-electron chi connectivity index (χ2n) is 2.91. The van der Waals surface area contributed by atoms with Gasteiger partial charge in [0.2, 0.25) is 0 Å². The van der Waals surface area contributed by atoms with Crippen molar-refractivity contribution in [2.75, 3.05) is 5.73 Å². The number of rotatable bonds is 2. The third-order valence-corrected chi connectivity index (χ3v) is 3.49. The molecule has 0 aliphatic heterocycles. The molecule has 70 valence electrons. The van der Waals surface area contributed by atoms with Crippen LogP contribution in [0.3, 0.4) is 0 Å². The molecule has 1 heterocycles. The van der Waals surface area contributed by atoms with Crippen molar-refractivity contribution in [2.45, 2.75) is 0 Å². The van der Waals surface area contributed by atoms with Gasteiger partial charge in [-0.2, -0.15) is 0 Å². The first-order chi connectivity index (χ1) is 6.81. The van der Waals surface area contributed by atoms with Gasteiger partial charge in [0.05, 0.1) is 10.6 Å². The van der Waals surface area contributed by atoms with E-state index in [4.69, 9.17) is 18.0 Å². The van der Waals surface area contributed by atoms with Crippen LogP contribution in [0.4, 0.5) is 5.69 Å². The van der Waals surface area contributed by atoms with Gasteiger partial charge in [-0.25, -0.2) is 0 Å². The Bertz CT molecular complexity index is 446. The van der Waals surface area contributed by atoms with E-state index in [1.807, 2.05) is 24.3 Å². The molecule has 1 aromatic carbocycles. The first-order valence-corrected chi connectivity index (χ1v) is 5.50. The van der Waals surface area contributed by atoms with Crippen molar-refractivity contribution in [3.05, 3.63) is 41.3 Å². The lowest BCUT2D eigenvalue weighted by Gasteiger charge is -1.93. The molecule has 0 aliphatic rings. The van der Waals surface area contributed by atoms with Gasteiger partial charge in [-0.3, -0.25) is 0 Å². The molecular weight excluding hydrogens is 210 g/mol. The lowest BCUT2D eigenvalue weighted by molar-refractivity contribution is 1.70. The minimum Gasteiger partial charge on any atom is -0.398 e. The third-order valence-electron chi connectivity index (χ3n) is 1.96. The molecule has 0 unspecified atom stereocenters. The molecule has 0 saturated carbocycles. The van der Waals surface area contributed by atoms with Gasteiger partial charge in [0, 0.05) is 10.2 Å². The number of nitrogens with two attached hydrogens (primary N) is 1. The molecule has 2 rings (SSSR count). The smallest absolute Gasteiger partial charge is 0.0613 e. The van der Waals surface area contributed by atoms with Crippen molar-refractivity contribution in [1.82, 2.24) is 0 Å². The zero-order valence-corrected chi connectivity index (χ0v) is 9.07. The molecule has 0 fully saturated rings. The maximum atomic E-state index is 5.80. The van der Waals surface area contributed by atoms with Crippen LogP contribution < -0.4 is 5.73 Å². The van der Waals surface area contributed by atoms with E-state index in [2.05, 4.69) is 12.1 Å². The van der Waals surface area contributed by atoms with E-state index in [0.29, 0.717) is 0 Å². The molecule has 0 atom stereocenters. The Balaban J connectivity index is 2.48. The molecule has 14 heavy (non-hydrogen) atoms. The largest absolute Gasteiger partial charge is 0.398 e. The van der Waals surface area contributed by atoms with Gasteiger partial charge in [-0.15, -0.1) is 11.3 Å². The fraction of sp³-hybridized carbons (Fsp3) is 0. The quantitative estimate of drug-likeness (QED) is 0.784. The summed E-state index contributed by atoms with van der Waals surface area (Å²) in [7, 11) is 0. The highest BCUT2D eigenvalue weighted by Gasteiger charge is 2.04. The van der Waals surface area contributed by atoms with Crippen LogP contribution in [0, 0.1) is 0 Å². The number of hydrogen-bond acceptors (Lipinski definition) is 3. The highest BCUT2D eigenvalue weighted by atomic mass is 32.1. The Morgan fingerprint density at radius 1 is 1.21 bits per heavy atom. The van der Waals surface area contributed by atoms with E-state index >= 15 is 0 Å². The molecule has 2 aromatic rings. The fourth-order valence-corrected chi connectivity index (χ4v) is 2.44. The van der Waals surface area contributed by atoms with Crippen molar-refractivity contribution in [2.24, 2.45) is 0 Å². The van der Waals surface area contributed by atoms with Gasteiger partial charge in [-0.05, 0) is 11.6 Å². The molecule has 2 N–H and O–H groups in total. The predicted molar refractivity (Wildman–Crippen MR) is 66.9 cm³/mol. The van der Waals surface area contributed by atoms with Crippen LogP contribution in [0.5, 0.6) is 0 Å². The van der Waals surface area contributed by atoms with Crippen LogP contribution in [0.15, 0.2) is 36.4 Å². The van der Waals surface area contributed by atoms with Crippen molar-refractivity contribution >= 4 is 34.6 Å². The van der Waals surface area contributed by atoms with Crippen LogP contribution in [0.1, 0.15) is 4.88 Å². The Labute approximate surface area is 92.2 Å². The van der Waals surface area contributed by atoms with Gasteiger partial charge in [0.15, 0.2) is 0 Å². The summed E-state index contributed by atoms with van der Waals surface area (Å²) in [5, 5.41) is 1.63. The van der Waals surface area contributed by atoms with E-state index in [1.54, 1.807) is 16.7 Å². The zero-order chi connectivity index (χ0) is 9.97. The maximum absolute atomic E-state index is 5.80. The summed E-state index contributed by atoms with van der Waals surface area (Å²) >= 11 is 6.50. The minimum atomic E-state index is 0.767. The second kappa shape index (κ2) is 3.90. The van der Waals surface area contributed by atoms with Gasteiger partial charge in [0.1, 0.15) is 0 Å². The maximum Gasteiger partial charge on any atom is 0.0613 e. The SMILES string of the molecule is Nc1cc(-c2ccccc2)sc1C=S. The Morgan fingerprint density at radius 3 is 2.50 bits per heavy atom. The third kappa shape index (κ3) is 1.69. The molecule has 3 heteroatoms. The highest BCUT2D eigenvalue weighted by Crippen LogP contribution is 2.31. The Hall–Kier alpha value is -1.19. The normalized spacial score (nSPS) is 10.0. The Morgan fingerprint density at radius 2 is 1.93 bits per heavy atom. The monoisotopic (exact) mass is 219 g/mol. The summed E-state index contributed by atoms with van der Waals surface area (Å²) in [5.74, 6) is 0. The average Bonchev–Trinajstić information content (AvgIpc) is 2.61. The lowest BCUT2D eigenvalue weighted by atomic mass is 10.2. The van der Waals surface area contributed by atoms with Gasteiger partial charge in [0.25, 0.3) is 0 Å². The van der Waals surface area contributed by atoms with Gasteiger partial charge in [-0.1, -0.05) is 42.5 Å². The number of thiocarbonyl (C=S) groups is 1. The van der Waals surface area contributed by atoms with E-state index in [0.717, 1.165) is 10.6 Å². The number of nitrogen functional groups attached to an aromatic ring is 1. The highest BCUT2D eigenvalue weighted by molar-refractivity contribution is 7.79. The number of thiophene rings is 1. The molecule has 1 nitrogen and oxygen atoms in total. The molecule has 0 saturated heterocycles. The van der Waals surface area contributed by atoms with Crippen LogP contribution in [0.2, 0.25) is 0 Å². The topological polar surface area (TPSA) is 26.0 Å².